The van der Waals surface area contributed by atoms with Gasteiger partial charge in [-0.25, -0.2) is 4.98 Å². The lowest BCUT2D eigenvalue weighted by Gasteiger charge is -2.24. The molecule has 1 aromatic heterocycles. The lowest BCUT2D eigenvalue weighted by molar-refractivity contribution is -0.148. The maximum absolute atomic E-state index is 12.2. The van der Waals surface area contributed by atoms with Gasteiger partial charge < -0.3 is 9.84 Å². The Bertz CT molecular complexity index is 1560. The van der Waals surface area contributed by atoms with Gasteiger partial charge in [0.25, 0.3) is 0 Å². The Morgan fingerprint density at radius 1 is 0.974 bits per heavy atom. The first-order valence-corrected chi connectivity index (χ1v) is 13.6. The van der Waals surface area contributed by atoms with Crippen molar-refractivity contribution in [1.29, 1.82) is 0 Å². The molecule has 5 aromatic rings. The van der Waals surface area contributed by atoms with Crippen molar-refractivity contribution in [2.24, 2.45) is 5.41 Å². The first-order chi connectivity index (χ1) is 18.4. The highest BCUT2D eigenvalue weighted by molar-refractivity contribution is 7.18. The minimum absolute atomic E-state index is 0.197. The van der Waals surface area contributed by atoms with E-state index < -0.39 is 11.4 Å². The van der Waals surface area contributed by atoms with Crippen molar-refractivity contribution >= 4 is 44.1 Å². The smallest absolute Gasteiger partial charge is 0.327 e. The molecule has 5 rings (SSSR count). The minimum Gasteiger partial charge on any atom is -0.485 e. The summed E-state index contributed by atoms with van der Waals surface area (Å²) >= 11 is 1.60. The van der Waals surface area contributed by atoms with Gasteiger partial charge >= 0.3 is 11.8 Å². The second-order valence-electron chi connectivity index (χ2n) is 9.86. The first kappa shape index (κ1) is 25.6. The molecule has 1 heterocycles. The molecule has 0 aliphatic rings. The standard InChI is InChI=1S/C32H29NO4S/c1-32(31(35)36,20-22-10-3-2-4-11-22)19-9-15-27(34)25-18-17-23-12-5-6-13-24(23)30(25)37-21-29-33-26-14-7-8-16-28(26)38-29/h2-8,10-14,16-18H,9,15,19-21H2,1H3,(H,35,36)/p+1. The van der Waals surface area contributed by atoms with Gasteiger partial charge in [0, 0.05) is 5.39 Å². The summed E-state index contributed by atoms with van der Waals surface area (Å²) in [4.78, 5) is 28.0. The Morgan fingerprint density at radius 2 is 1.71 bits per heavy atom. The monoisotopic (exact) mass is 524 g/mol. The van der Waals surface area contributed by atoms with E-state index >= 15 is 0 Å². The number of rotatable bonds is 11. The molecule has 5 nitrogen and oxygen atoms in total. The zero-order valence-corrected chi connectivity index (χ0v) is 22.1. The molecule has 2 N–H and O–H groups in total. The fourth-order valence-electron chi connectivity index (χ4n) is 4.84. The number of hydrogen-bond acceptors (Lipinski definition) is 4. The van der Waals surface area contributed by atoms with Crippen molar-refractivity contribution < 1.29 is 19.4 Å². The van der Waals surface area contributed by atoms with Crippen LogP contribution in [0.1, 0.15) is 42.3 Å². The van der Waals surface area contributed by atoms with E-state index in [-0.39, 0.29) is 5.78 Å². The molecule has 0 fully saturated rings. The normalized spacial score (nSPS) is 12.9. The molecule has 0 radical (unpaired) electrons. The first-order valence-electron chi connectivity index (χ1n) is 12.7. The Morgan fingerprint density at radius 3 is 2.50 bits per heavy atom. The number of carboxylic acid groups (broad SMARTS) is 1. The van der Waals surface area contributed by atoms with Crippen molar-refractivity contribution in [2.75, 3.05) is 0 Å². The van der Waals surface area contributed by atoms with Gasteiger partial charge in [-0.3, -0.25) is 9.59 Å². The Labute approximate surface area is 225 Å². The van der Waals surface area contributed by atoms with Gasteiger partial charge in [0.05, 0.1) is 22.1 Å². The fourth-order valence-corrected chi connectivity index (χ4v) is 5.72. The number of para-hydroxylation sites is 1. The number of thiazole rings is 1. The van der Waals surface area contributed by atoms with E-state index in [4.69, 9.17) is 4.74 Å². The molecule has 0 spiro atoms. The molecule has 0 aliphatic heterocycles. The average molecular weight is 525 g/mol. The number of fused-ring (bicyclic) bond motifs is 2. The molecule has 0 bridgehead atoms. The van der Waals surface area contributed by atoms with E-state index in [2.05, 4.69) is 4.98 Å². The number of carbonyl (C=O) groups excluding carboxylic acids is 1. The largest absolute Gasteiger partial charge is 0.485 e. The summed E-state index contributed by atoms with van der Waals surface area (Å²) in [5.74, 6) is -0.0148. The maximum atomic E-state index is 12.2. The molecule has 0 aliphatic carbocycles. The third-order valence-electron chi connectivity index (χ3n) is 6.96. The second-order valence-corrected chi connectivity index (χ2v) is 11.0. The van der Waals surface area contributed by atoms with Crippen molar-refractivity contribution in [3.05, 3.63) is 107 Å². The summed E-state index contributed by atoms with van der Waals surface area (Å²) in [6.07, 6.45) is 1.77. The van der Waals surface area contributed by atoms with Crippen LogP contribution in [0, 0.1) is 5.41 Å². The van der Waals surface area contributed by atoms with Crippen molar-refractivity contribution in [3.8, 4) is 5.75 Å². The lowest BCUT2D eigenvalue weighted by Crippen LogP contribution is -2.30. The summed E-state index contributed by atoms with van der Waals surface area (Å²) in [6, 6.07) is 29.5. The van der Waals surface area contributed by atoms with E-state index in [0.717, 1.165) is 31.6 Å². The van der Waals surface area contributed by atoms with Crippen molar-refractivity contribution in [1.82, 2.24) is 4.98 Å². The van der Waals surface area contributed by atoms with E-state index in [1.54, 1.807) is 18.3 Å². The Balaban J connectivity index is 1.33. The van der Waals surface area contributed by atoms with Crippen LogP contribution in [0.25, 0.3) is 21.0 Å². The second kappa shape index (κ2) is 11.2. The Kier molecular flexibility index (Phi) is 7.52. The van der Waals surface area contributed by atoms with Crippen LogP contribution in [0.3, 0.4) is 0 Å². The van der Waals surface area contributed by atoms with E-state index in [1.807, 2.05) is 91.0 Å². The van der Waals surface area contributed by atoms with Crippen LogP contribution in [0.2, 0.25) is 0 Å². The van der Waals surface area contributed by atoms with Crippen LogP contribution in [-0.4, -0.2) is 26.6 Å². The number of aliphatic carboxylic acids is 1. The molecule has 38 heavy (non-hydrogen) atoms. The SMILES string of the molecule is CC(CCCC(=[OH+])c1ccc2ccccc2c1OCc1nc2ccccc2s1)(Cc1ccccc1)C(=O)O. The summed E-state index contributed by atoms with van der Waals surface area (Å²) in [7, 11) is 0. The quantitative estimate of drug-likeness (QED) is 0.144. The van der Waals surface area contributed by atoms with E-state index in [9.17, 15) is 14.7 Å². The van der Waals surface area contributed by atoms with Gasteiger partial charge in [0.15, 0.2) is 0 Å². The predicted octanol–water partition coefficient (Wildman–Crippen LogP) is 7.43. The lowest BCUT2D eigenvalue weighted by atomic mass is 9.79. The highest BCUT2D eigenvalue weighted by Gasteiger charge is 2.33. The van der Waals surface area contributed by atoms with Crippen molar-refractivity contribution in [2.45, 2.75) is 39.2 Å². The van der Waals surface area contributed by atoms with E-state index in [0.29, 0.717) is 43.6 Å². The molecule has 0 saturated carbocycles. The summed E-state index contributed by atoms with van der Waals surface area (Å²) < 4.78 is 7.43. The molecular formula is C32H30NO4S+. The third-order valence-corrected chi connectivity index (χ3v) is 7.97. The number of ketones is 1. The van der Waals surface area contributed by atoms with Gasteiger partial charge in [-0.05, 0) is 55.3 Å². The molecule has 1 unspecified atom stereocenters. The maximum Gasteiger partial charge on any atom is 0.327 e. The number of ether oxygens (including phenoxy) is 1. The van der Waals surface area contributed by atoms with Gasteiger partial charge in [0.2, 0.25) is 0 Å². The number of benzene rings is 4. The third kappa shape index (κ3) is 5.60. The van der Waals surface area contributed by atoms with Gasteiger partial charge in [0.1, 0.15) is 22.9 Å². The Hall–Kier alpha value is -4.03. The number of aromatic nitrogens is 1. The highest BCUT2D eigenvalue weighted by Crippen LogP contribution is 2.34. The van der Waals surface area contributed by atoms with Gasteiger partial charge in [-0.1, -0.05) is 72.8 Å². The van der Waals surface area contributed by atoms with Crippen LogP contribution in [0.4, 0.5) is 0 Å². The number of carbonyl (C=O) groups is 1. The topological polar surface area (TPSA) is 80.8 Å². The minimum atomic E-state index is -0.919. The molecule has 192 valence electrons. The highest BCUT2D eigenvalue weighted by atomic mass is 32.1. The van der Waals surface area contributed by atoms with Crippen LogP contribution in [0.5, 0.6) is 5.75 Å². The van der Waals surface area contributed by atoms with Gasteiger partial charge in [-0.2, -0.15) is 0 Å². The van der Waals surface area contributed by atoms with E-state index in [1.165, 1.54) is 0 Å². The van der Waals surface area contributed by atoms with Crippen LogP contribution >= 0.6 is 11.3 Å². The zero-order chi connectivity index (χ0) is 26.5. The molecule has 1 atom stereocenters. The number of nitrogens with zero attached hydrogens (tertiary/aromatic N) is 1. The van der Waals surface area contributed by atoms with Crippen LogP contribution in [0.15, 0.2) is 91.0 Å². The predicted molar refractivity (Wildman–Crippen MR) is 154 cm³/mol. The summed E-state index contributed by atoms with van der Waals surface area (Å²) in [5, 5.41) is 12.8. The van der Waals surface area contributed by atoms with Gasteiger partial charge in [-0.15, -0.1) is 11.3 Å². The molecule has 4 aromatic carbocycles. The average Bonchev–Trinajstić information content (AvgIpc) is 3.35. The van der Waals surface area contributed by atoms with Crippen molar-refractivity contribution in [3.63, 3.8) is 0 Å². The number of carboxylic acids is 1. The summed E-state index contributed by atoms with van der Waals surface area (Å²) in [5.41, 5.74) is 1.65. The fraction of sp³-hybridized carbons (Fsp3) is 0.219. The van der Waals surface area contributed by atoms with Crippen LogP contribution < -0.4 is 4.74 Å². The molecule has 6 heteroatoms. The molecule has 0 saturated heterocycles. The molecular weight excluding hydrogens is 494 g/mol. The van der Waals surface area contributed by atoms with Crippen LogP contribution in [-0.2, 0) is 17.8 Å². The molecule has 0 amide bonds. The summed E-state index contributed by atoms with van der Waals surface area (Å²) in [6.45, 7) is 2.07. The zero-order valence-electron chi connectivity index (χ0n) is 21.3. The number of hydrogen-bond donors (Lipinski definition) is 1.